The molecular weight excluding hydrogens is 254 g/mol. The number of nitrogens with zero attached hydrogens (tertiary/aromatic N) is 1. The zero-order valence-electron chi connectivity index (χ0n) is 12.3. The molecule has 110 valence electrons. The van der Waals surface area contributed by atoms with Crippen molar-refractivity contribution in [2.75, 3.05) is 33.4 Å². The molecule has 1 fully saturated rings. The number of ketones is 1. The van der Waals surface area contributed by atoms with Gasteiger partial charge < -0.3 is 9.47 Å². The maximum absolute atomic E-state index is 12.4. The van der Waals surface area contributed by atoms with Gasteiger partial charge in [0.15, 0.2) is 5.78 Å². The largest absolute Gasteiger partial charge is 0.496 e. The van der Waals surface area contributed by atoms with Gasteiger partial charge in [0, 0.05) is 25.1 Å². The highest BCUT2D eigenvalue weighted by atomic mass is 16.5. The molecule has 0 saturated carbocycles. The summed E-state index contributed by atoms with van der Waals surface area (Å²) in [7, 11) is 1.63. The van der Waals surface area contributed by atoms with E-state index in [9.17, 15) is 4.79 Å². The van der Waals surface area contributed by atoms with Crippen molar-refractivity contribution >= 4 is 5.78 Å². The number of ether oxygens (including phenoxy) is 2. The lowest BCUT2D eigenvalue weighted by Gasteiger charge is -2.31. The van der Waals surface area contributed by atoms with Crippen LogP contribution in [0, 0.1) is 0 Å². The fourth-order valence-corrected chi connectivity index (χ4v) is 2.57. The first-order valence-electron chi connectivity index (χ1n) is 7.23. The van der Waals surface area contributed by atoms with E-state index >= 15 is 0 Å². The van der Waals surface area contributed by atoms with Crippen LogP contribution in [0.5, 0.6) is 5.75 Å². The minimum atomic E-state index is -0.305. The number of hydrogen-bond donors (Lipinski definition) is 0. The molecule has 0 N–H and O–H groups in total. The quantitative estimate of drug-likeness (QED) is 0.796. The molecule has 0 aromatic heterocycles. The van der Waals surface area contributed by atoms with Crippen molar-refractivity contribution in [1.82, 2.24) is 4.90 Å². The summed E-state index contributed by atoms with van der Waals surface area (Å²) in [6.07, 6.45) is 1.17. The summed E-state index contributed by atoms with van der Waals surface area (Å²) in [6, 6.07) is 7.65. The number of hydrogen-bond acceptors (Lipinski definition) is 4. The Hall–Kier alpha value is -1.39. The Labute approximate surface area is 120 Å². The van der Waals surface area contributed by atoms with Gasteiger partial charge in [0.1, 0.15) is 11.9 Å². The molecule has 2 rings (SSSR count). The Morgan fingerprint density at radius 1 is 1.45 bits per heavy atom. The van der Waals surface area contributed by atoms with Crippen LogP contribution in [0.1, 0.15) is 18.9 Å². The van der Waals surface area contributed by atoms with Gasteiger partial charge in [-0.2, -0.15) is 0 Å². The van der Waals surface area contributed by atoms with Crippen LogP contribution in [-0.4, -0.2) is 50.1 Å². The molecule has 1 aliphatic heterocycles. The fourth-order valence-electron chi connectivity index (χ4n) is 2.57. The smallest absolute Gasteiger partial charge is 0.167 e. The molecule has 1 aliphatic rings. The van der Waals surface area contributed by atoms with Gasteiger partial charge in [-0.15, -0.1) is 0 Å². The Morgan fingerprint density at radius 2 is 2.25 bits per heavy atom. The SMILES string of the molecule is CCCN1CCOC(C(=O)Cc2ccccc2OC)C1. The molecule has 0 aliphatic carbocycles. The van der Waals surface area contributed by atoms with Crippen LogP contribution in [0.15, 0.2) is 24.3 Å². The van der Waals surface area contributed by atoms with E-state index in [4.69, 9.17) is 9.47 Å². The van der Waals surface area contributed by atoms with E-state index in [1.165, 1.54) is 0 Å². The third-order valence-corrected chi connectivity index (χ3v) is 3.61. The number of rotatable bonds is 6. The summed E-state index contributed by atoms with van der Waals surface area (Å²) in [5.41, 5.74) is 0.927. The average Bonchev–Trinajstić information content (AvgIpc) is 2.48. The van der Waals surface area contributed by atoms with Crippen LogP contribution in [0.4, 0.5) is 0 Å². The molecule has 0 radical (unpaired) electrons. The molecule has 0 amide bonds. The van der Waals surface area contributed by atoms with Crippen molar-refractivity contribution < 1.29 is 14.3 Å². The van der Waals surface area contributed by atoms with Crippen molar-refractivity contribution in [3.63, 3.8) is 0 Å². The van der Waals surface area contributed by atoms with Gasteiger partial charge in [-0.25, -0.2) is 0 Å². The maximum atomic E-state index is 12.4. The molecule has 1 atom stereocenters. The highest BCUT2D eigenvalue weighted by Gasteiger charge is 2.26. The van der Waals surface area contributed by atoms with Gasteiger partial charge >= 0.3 is 0 Å². The lowest BCUT2D eigenvalue weighted by atomic mass is 10.0. The zero-order valence-corrected chi connectivity index (χ0v) is 12.3. The van der Waals surface area contributed by atoms with Crippen molar-refractivity contribution in [1.29, 1.82) is 0 Å². The highest BCUT2D eigenvalue weighted by molar-refractivity contribution is 5.86. The summed E-state index contributed by atoms with van der Waals surface area (Å²) in [4.78, 5) is 14.7. The number of carbonyl (C=O) groups excluding carboxylic acids is 1. The number of benzene rings is 1. The number of carbonyl (C=O) groups is 1. The number of methoxy groups -OCH3 is 1. The second-order valence-electron chi connectivity index (χ2n) is 5.11. The summed E-state index contributed by atoms with van der Waals surface area (Å²) >= 11 is 0. The Morgan fingerprint density at radius 3 is 3.00 bits per heavy atom. The van der Waals surface area contributed by atoms with Gasteiger partial charge in [-0.3, -0.25) is 9.69 Å². The minimum absolute atomic E-state index is 0.135. The molecular formula is C16H23NO3. The van der Waals surface area contributed by atoms with Gasteiger partial charge in [-0.1, -0.05) is 25.1 Å². The topological polar surface area (TPSA) is 38.8 Å². The predicted molar refractivity (Wildman–Crippen MR) is 78.2 cm³/mol. The third-order valence-electron chi connectivity index (χ3n) is 3.61. The Balaban J connectivity index is 1.97. The third kappa shape index (κ3) is 3.81. The molecule has 0 bridgehead atoms. The van der Waals surface area contributed by atoms with Crippen molar-refractivity contribution in [3.05, 3.63) is 29.8 Å². The van der Waals surface area contributed by atoms with E-state index in [1.54, 1.807) is 7.11 Å². The van der Waals surface area contributed by atoms with E-state index in [2.05, 4.69) is 11.8 Å². The second kappa shape index (κ2) is 7.41. The number of morpholine rings is 1. The normalized spacial score (nSPS) is 19.8. The number of para-hydroxylation sites is 1. The van der Waals surface area contributed by atoms with Crippen molar-refractivity contribution in [2.45, 2.75) is 25.9 Å². The molecule has 1 aromatic rings. The summed E-state index contributed by atoms with van der Waals surface area (Å²) in [5, 5.41) is 0. The molecule has 4 nitrogen and oxygen atoms in total. The maximum Gasteiger partial charge on any atom is 0.167 e. The second-order valence-corrected chi connectivity index (χ2v) is 5.11. The Kier molecular flexibility index (Phi) is 5.56. The summed E-state index contributed by atoms with van der Waals surface area (Å²) in [5.74, 6) is 0.900. The molecule has 1 heterocycles. The van der Waals surface area contributed by atoms with Gasteiger partial charge in [0.2, 0.25) is 0 Å². The van der Waals surface area contributed by atoms with Crippen LogP contribution in [0.2, 0.25) is 0 Å². The van der Waals surface area contributed by atoms with Crippen molar-refractivity contribution in [3.8, 4) is 5.75 Å². The monoisotopic (exact) mass is 277 g/mol. The van der Waals surface area contributed by atoms with Crippen LogP contribution >= 0.6 is 0 Å². The van der Waals surface area contributed by atoms with E-state index in [0.717, 1.165) is 30.8 Å². The molecule has 1 unspecified atom stereocenters. The lowest BCUT2D eigenvalue weighted by molar-refractivity contribution is -0.135. The molecule has 1 saturated heterocycles. The standard InChI is InChI=1S/C16H23NO3/c1-3-8-17-9-10-20-16(12-17)14(18)11-13-6-4-5-7-15(13)19-2/h4-7,16H,3,8-12H2,1-2H3. The number of Topliss-reactive ketones (excluding diaryl/α,β-unsaturated/α-hetero) is 1. The Bertz CT molecular complexity index is 445. The van der Waals surface area contributed by atoms with E-state index in [-0.39, 0.29) is 11.9 Å². The van der Waals surface area contributed by atoms with E-state index in [0.29, 0.717) is 19.6 Å². The zero-order chi connectivity index (χ0) is 14.4. The predicted octanol–water partition coefficient (Wildman–Crippen LogP) is 1.92. The first kappa shape index (κ1) is 15.0. The van der Waals surface area contributed by atoms with Gasteiger partial charge in [-0.05, 0) is 19.0 Å². The first-order valence-corrected chi connectivity index (χ1v) is 7.23. The lowest BCUT2D eigenvalue weighted by Crippen LogP contribution is -2.46. The van der Waals surface area contributed by atoms with Crippen LogP contribution < -0.4 is 4.74 Å². The van der Waals surface area contributed by atoms with Crippen LogP contribution in [-0.2, 0) is 16.0 Å². The molecule has 4 heteroatoms. The van der Waals surface area contributed by atoms with Crippen LogP contribution in [0.25, 0.3) is 0 Å². The van der Waals surface area contributed by atoms with E-state index in [1.807, 2.05) is 24.3 Å². The average molecular weight is 277 g/mol. The first-order chi connectivity index (χ1) is 9.74. The van der Waals surface area contributed by atoms with Gasteiger partial charge in [0.05, 0.1) is 13.7 Å². The highest BCUT2D eigenvalue weighted by Crippen LogP contribution is 2.19. The summed E-state index contributed by atoms with van der Waals surface area (Å²) < 4.78 is 10.9. The molecule has 1 aromatic carbocycles. The van der Waals surface area contributed by atoms with Crippen LogP contribution in [0.3, 0.4) is 0 Å². The van der Waals surface area contributed by atoms with E-state index < -0.39 is 0 Å². The fraction of sp³-hybridized carbons (Fsp3) is 0.562. The van der Waals surface area contributed by atoms with Gasteiger partial charge in [0.25, 0.3) is 0 Å². The minimum Gasteiger partial charge on any atom is -0.496 e. The van der Waals surface area contributed by atoms with Crippen molar-refractivity contribution in [2.24, 2.45) is 0 Å². The molecule has 0 spiro atoms. The summed E-state index contributed by atoms with van der Waals surface area (Å²) in [6.45, 7) is 5.46. The molecule has 20 heavy (non-hydrogen) atoms.